The van der Waals surface area contributed by atoms with Crippen LogP contribution in [-0.4, -0.2) is 31.1 Å². The molecular weight excluding hydrogens is 414 g/mol. The van der Waals surface area contributed by atoms with Crippen molar-refractivity contribution >= 4 is 23.1 Å². The molecule has 6 heteroatoms. The Morgan fingerprint density at radius 1 is 0.939 bits per heavy atom. The summed E-state index contributed by atoms with van der Waals surface area (Å²) in [6, 6.07) is 22.0. The lowest BCUT2D eigenvalue weighted by atomic mass is 9.95. The first-order valence-corrected chi connectivity index (χ1v) is 10.8. The monoisotopic (exact) mass is 437 g/mol. The summed E-state index contributed by atoms with van der Waals surface area (Å²) in [5, 5.41) is 11.5. The van der Waals surface area contributed by atoms with E-state index in [9.17, 15) is 14.7 Å². The van der Waals surface area contributed by atoms with Crippen LogP contribution in [0.25, 0.3) is 11.4 Å². The molecule has 0 radical (unpaired) electrons. The fourth-order valence-corrected chi connectivity index (χ4v) is 4.44. The molecular formula is C27H23N3O3. The van der Waals surface area contributed by atoms with E-state index in [0.29, 0.717) is 17.0 Å². The summed E-state index contributed by atoms with van der Waals surface area (Å²) < 4.78 is 1.74. The van der Waals surface area contributed by atoms with E-state index in [1.165, 1.54) is 4.90 Å². The molecule has 0 bridgehead atoms. The summed E-state index contributed by atoms with van der Waals surface area (Å²) in [6.07, 6.45) is 1.78. The number of ketones is 1. The number of carbonyl (C=O) groups is 2. The number of nitrogens with zero attached hydrogens (tertiary/aromatic N) is 3. The minimum atomic E-state index is -0.709. The number of pyridine rings is 1. The molecule has 2 aromatic carbocycles. The first kappa shape index (κ1) is 20.7. The fourth-order valence-electron chi connectivity index (χ4n) is 4.44. The Bertz CT molecular complexity index is 1400. The average molecular weight is 437 g/mol. The minimum Gasteiger partial charge on any atom is -0.505 e. The van der Waals surface area contributed by atoms with Crippen molar-refractivity contribution in [3.05, 3.63) is 113 Å². The highest BCUT2D eigenvalue weighted by Crippen LogP contribution is 2.40. The average Bonchev–Trinajstić information content (AvgIpc) is 3.28. The SMILES string of the molecule is Cc1ccc(C2/C(=C(\O)c3c(C)nc4ccccn34)C(=O)C(=O)N2Cc2ccccc2)cc1. The molecule has 1 aliphatic rings. The third kappa shape index (κ3) is 3.49. The number of benzene rings is 2. The molecule has 1 unspecified atom stereocenters. The maximum absolute atomic E-state index is 13.3. The van der Waals surface area contributed by atoms with Gasteiger partial charge in [-0.3, -0.25) is 14.0 Å². The topological polar surface area (TPSA) is 74.9 Å². The van der Waals surface area contributed by atoms with Gasteiger partial charge in [-0.05, 0) is 37.1 Å². The molecule has 5 rings (SSSR count). The number of imidazole rings is 1. The first-order valence-electron chi connectivity index (χ1n) is 10.8. The fraction of sp³-hybridized carbons (Fsp3) is 0.148. The van der Waals surface area contributed by atoms with Crippen LogP contribution in [-0.2, 0) is 16.1 Å². The van der Waals surface area contributed by atoms with Crippen LogP contribution in [0.2, 0.25) is 0 Å². The summed E-state index contributed by atoms with van der Waals surface area (Å²) in [5.74, 6) is -1.54. The highest BCUT2D eigenvalue weighted by Gasteiger charge is 2.46. The molecule has 1 saturated heterocycles. The summed E-state index contributed by atoms with van der Waals surface area (Å²) in [7, 11) is 0. The number of aryl methyl sites for hydroxylation is 2. The molecule has 1 atom stereocenters. The number of rotatable bonds is 4. The van der Waals surface area contributed by atoms with Crippen LogP contribution < -0.4 is 0 Å². The van der Waals surface area contributed by atoms with Crippen molar-refractivity contribution < 1.29 is 14.7 Å². The second-order valence-electron chi connectivity index (χ2n) is 8.30. The van der Waals surface area contributed by atoms with Crippen molar-refractivity contribution in [1.82, 2.24) is 14.3 Å². The zero-order valence-corrected chi connectivity index (χ0v) is 18.4. The summed E-state index contributed by atoms with van der Waals surface area (Å²) >= 11 is 0. The maximum atomic E-state index is 13.3. The van der Waals surface area contributed by atoms with Crippen LogP contribution in [0.4, 0.5) is 0 Å². The molecule has 4 aromatic rings. The van der Waals surface area contributed by atoms with Crippen molar-refractivity contribution in [3.63, 3.8) is 0 Å². The Balaban J connectivity index is 1.72. The molecule has 1 N–H and O–H groups in total. The van der Waals surface area contributed by atoms with E-state index in [0.717, 1.165) is 16.7 Å². The summed E-state index contributed by atoms with van der Waals surface area (Å²) in [5.41, 5.74) is 4.47. The lowest BCUT2D eigenvalue weighted by Crippen LogP contribution is -2.29. The van der Waals surface area contributed by atoms with Gasteiger partial charge in [-0.25, -0.2) is 4.98 Å². The second-order valence-corrected chi connectivity index (χ2v) is 8.30. The Morgan fingerprint density at radius 3 is 2.36 bits per heavy atom. The molecule has 1 aliphatic heterocycles. The quantitative estimate of drug-likeness (QED) is 0.288. The van der Waals surface area contributed by atoms with E-state index in [1.54, 1.807) is 17.5 Å². The molecule has 0 saturated carbocycles. The third-order valence-corrected chi connectivity index (χ3v) is 6.06. The van der Waals surface area contributed by atoms with Gasteiger partial charge < -0.3 is 10.0 Å². The van der Waals surface area contributed by atoms with Crippen molar-refractivity contribution in [3.8, 4) is 0 Å². The summed E-state index contributed by atoms with van der Waals surface area (Å²) in [6.45, 7) is 4.02. The molecule has 1 fully saturated rings. The number of aliphatic hydroxyl groups is 1. The van der Waals surface area contributed by atoms with Gasteiger partial charge in [0.25, 0.3) is 11.7 Å². The molecule has 2 aromatic heterocycles. The lowest BCUT2D eigenvalue weighted by Gasteiger charge is -2.25. The van der Waals surface area contributed by atoms with E-state index in [2.05, 4.69) is 4.98 Å². The van der Waals surface area contributed by atoms with E-state index in [-0.39, 0.29) is 17.9 Å². The molecule has 1 amide bonds. The number of likely N-dealkylation sites (tertiary alicyclic amines) is 1. The smallest absolute Gasteiger partial charge is 0.295 e. The van der Waals surface area contributed by atoms with Gasteiger partial charge in [-0.1, -0.05) is 66.2 Å². The number of hydrogen-bond donors (Lipinski definition) is 1. The van der Waals surface area contributed by atoms with Crippen LogP contribution in [0.3, 0.4) is 0 Å². The van der Waals surface area contributed by atoms with Gasteiger partial charge in [0, 0.05) is 12.7 Å². The van der Waals surface area contributed by atoms with Gasteiger partial charge in [-0.2, -0.15) is 0 Å². The summed E-state index contributed by atoms with van der Waals surface area (Å²) in [4.78, 5) is 32.5. The Labute approximate surface area is 191 Å². The molecule has 0 spiro atoms. The van der Waals surface area contributed by atoms with Crippen LogP contribution in [0.1, 0.15) is 34.1 Å². The molecule has 3 heterocycles. The Hall–Kier alpha value is -4.19. The van der Waals surface area contributed by atoms with Crippen molar-refractivity contribution in [2.75, 3.05) is 0 Å². The van der Waals surface area contributed by atoms with Crippen molar-refractivity contribution in [2.45, 2.75) is 26.4 Å². The van der Waals surface area contributed by atoms with E-state index in [4.69, 9.17) is 0 Å². The van der Waals surface area contributed by atoms with Gasteiger partial charge in [0.1, 0.15) is 11.3 Å². The number of aromatic nitrogens is 2. The van der Waals surface area contributed by atoms with Gasteiger partial charge in [0.15, 0.2) is 5.76 Å². The normalized spacial score (nSPS) is 17.8. The van der Waals surface area contributed by atoms with Crippen LogP contribution in [0.5, 0.6) is 0 Å². The van der Waals surface area contributed by atoms with Gasteiger partial charge in [-0.15, -0.1) is 0 Å². The zero-order chi connectivity index (χ0) is 23.1. The van der Waals surface area contributed by atoms with Gasteiger partial charge in [0.05, 0.1) is 17.3 Å². The number of hydrogen-bond acceptors (Lipinski definition) is 4. The first-order chi connectivity index (χ1) is 16.0. The molecule has 6 nitrogen and oxygen atoms in total. The van der Waals surface area contributed by atoms with Gasteiger partial charge >= 0.3 is 0 Å². The van der Waals surface area contributed by atoms with Crippen LogP contribution >= 0.6 is 0 Å². The number of amides is 1. The lowest BCUT2D eigenvalue weighted by molar-refractivity contribution is -0.140. The predicted molar refractivity (Wildman–Crippen MR) is 125 cm³/mol. The zero-order valence-electron chi connectivity index (χ0n) is 18.4. The maximum Gasteiger partial charge on any atom is 0.295 e. The molecule has 164 valence electrons. The standard InChI is InChI=1S/C27H23N3O3/c1-17-11-13-20(14-12-17)24-22(25(31)23-18(2)28-21-10-6-7-15-29(21)23)26(32)27(33)30(24)16-19-8-4-3-5-9-19/h3-15,24,31H,16H2,1-2H3/b25-22+. The number of fused-ring (bicyclic) bond motifs is 1. The number of carbonyl (C=O) groups excluding carboxylic acids is 2. The van der Waals surface area contributed by atoms with E-state index >= 15 is 0 Å². The third-order valence-electron chi connectivity index (χ3n) is 6.06. The highest BCUT2D eigenvalue weighted by molar-refractivity contribution is 6.46. The van der Waals surface area contributed by atoms with Crippen molar-refractivity contribution in [1.29, 1.82) is 0 Å². The highest BCUT2D eigenvalue weighted by atomic mass is 16.3. The van der Waals surface area contributed by atoms with Crippen LogP contribution in [0, 0.1) is 13.8 Å². The molecule has 33 heavy (non-hydrogen) atoms. The molecule has 0 aliphatic carbocycles. The van der Waals surface area contributed by atoms with E-state index < -0.39 is 17.7 Å². The minimum absolute atomic E-state index is 0.0773. The van der Waals surface area contributed by atoms with Crippen LogP contribution in [0.15, 0.2) is 84.6 Å². The second kappa shape index (κ2) is 8.06. The van der Waals surface area contributed by atoms with Gasteiger partial charge in [0.2, 0.25) is 0 Å². The van der Waals surface area contributed by atoms with E-state index in [1.807, 2.05) is 79.7 Å². The number of Topliss-reactive ketones (excluding diaryl/α,β-unsaturated/α-hetero) is 1. The number of aliphatic hydroxyl groups excluding tert-OH is 1. The Kier molecular flexibility index (Phi) is 5.05. The van der Waals surface area contributed by atoms with Crippen molar-refractivity contribution in [2.24, 2.45) is 0 Å². The predicted octanol–water partition coefficient (Wildman–Crippen LogP) is 4.57. The largest absolute Gasteiger partial charge is 0.505 e. The Morgan fingerprint density at radius 2 is 1.64 bits per heavy atom.